The number of phenolic OH excluding ortho intramolecular Hbond substituents is 1. The van der Waals surface area contributed by atoms with Crippen molar-refractivity contribution in [1.29, 1.82) is 0 Å². The molecule has 1 aliphatic heterocycles. The third kappa shape index (κ3) is 2.20. The van der Waals surface area contributed by atoms with Crippen LogP contribution in [0.2, 0.25) is 0 Å². The van der Waals surface area contributed by atoms with Crippen LogP contribution in [0.25, 0.3) is 0 Å². The lowest BCUT2D eigenvalue weighted by Crippen LogP contribution is -2.20. The fraction of sp³-hybridized carbons (Fsp3) is 0.188. The maximum atomic E-state index is 12.2. The first-order chi connectivity index (χ1) is 9.67. The van der Waals surface area contributed by atoms with Gasteiger partial charge in [-0.1, -0.05) is 12.1 Å². The second-order valence-corrected chi connectivity index (χ2v) is 4.69. The molecule has 102 valence electrons. The summed E-state index contributed by atoms with van der Waals surface area (Å²) < 4.78 is 11.0. The summed E-state index contributed by atoms with van der Waals surface area (Å²) in [5.74, 6) is 1.37. The molecule has 2 aromatic carbocycles. The van der Waals surface area contributed by atoms with Gasteiger partial charge in [0, 0.05) is 0 Å². The van der Waals surface area contributed by atoms with Crippen LogP contribution in [0.1, 0.15) is 28.4 Å². The van der Waals surface area contributed by atoms with Gasteiger partial charge in [-0.15, -0.1) is 0 Å². The zero-order valence-electron chi connectivity index (χ0n) is 11.0. The summed E-state index contributed by atoms with van der Waals surface area (Å²) in [5.41, 5.74) is 1.33. The molecule has 0 fully saturated rings. The van der Waals surface area contributed by atoms with Gasteiger partial charge >= 0.3 is 0 Å². The van der Waals surface area contributed by atoms with Gasteiger partial charge in [-0.3, -0.25) is 4.79 Å². The maximum Gasteiger partial charge on any atom is 0.170 e. The molecule has 1 unspecified atom stereocenters. The number of hydrogen-bond acceptors (Lipinski definition) is 4. The molecule has 1 N–H and O–H groups in total. The van der Waals surface area contributed by atoms with Crippen molar-refractivity contribution in [2.24, 2.45) is 0 Å². The second-order valence-electron chi connectivity index (χ2n) is 4.69. The highest BCUT2D eigenvalue weighted by molar-refractivity contribution is 6.00. The smallest absolute Gasteiger partial charge is 0.170 e. The highest BCUT2D eigenvalue weighted by Gasteiger charge is 2.28. The number of fused-ring (bicyclic) bond motifs is 1. The van der Waals surface area contributed by atoms with Crippen LogP contribution in [-0.2, 0) is 0 Å². The summed E-state index contributed by atoms with van der Waals surface area (Å²) in [5, 5.41) is 9.52. The van der Waals surface area contributed by atoms with Gasteiger partial charge < -0.3 is 14.6 Å². The van der Waals surface area contributed by atoms with E-state index in [0.717, 1.165) is 5.56 Å². The van der Waals surface area contributed by atoms with Crippen molar-refractivity contribution in [2.75, 3.05) is 7.11 Å². The Morgan fingerprint density at radius 2 is 2.10 bits per heavy atom. The molecule has 0 aromatic heterocycles. The van der Waals surface area contributed by atoms with Gasteiger partial charge in [0.15, 0.2) is 5.78 Å². The maximum absolute atomic E-state index is 12.2. The fourth-order valence-corrected chi connectivity index (χ4v) is 2.34. The zero-order valence-corrected chi connectivity index (χ0v) is 11.0. The van der Waals surface area contributed by atoms with Crippen molar-refractivity contribution >= 4 is 5.78 Å². The lowest BCUT2D eigenvalue weighted by atomic mass is 9.96. The highest BCUT2D eigenvalue weighted by Crippen LogP contribution is 2.37. The van der Waals surface area contributed by atoms with E-state index >= 15 is 0 Å². The summed E-state index contributed by atoms with van der Waals surface area (Å²) in [4.78, 5) is 12.2. The Hall–Kier alpha value is -2.49. The lowest BCUT2D eigenvalue weighted by molar-refractivity contribution is 0.0849. The number of ether oxygens (including phenoxy) is 2. The number of Topliss-reactive ketones (excluding diaryl/α,β-unsaturated/α-hetero) is 1. The molecular weight excluding hydrogens is 256 g/mol. The van der Waals surface area contributed by atoms with Crippen molar-refractivity contribution in [3.63, 3.8) is 0 Å². The fourth-order valence-electron chi connectivity index (χ4n) is 2.34. The zero-order chi connectivity index (χ0) is 14.1. The Morgan fingerprint density at radius 3 is 2.85 bits per heavy atom. The monoisotopic (exact) mass is 270 g/mol. The van der Waals surface area contributed by atoms with E-state index in [0.29, 0.717) is 17.1 Å². The molecule has 2 aromatic rings. The van der Waals surface area contributed by atoms with Crippen LogP contribution in [0.15, 0.2) is 42.5 Å². The quantitative estimate of drug-likeness (QED) is 0.911. The molecule has 20 heavy (non-hydrogen) atoms. The molecule has 4 nitrogen and oxygen atoms in total. The number of hydrogen-bond donors (Lipinski definition) is 1. The van der Waals surface area contributed by atoms with E-state index in [-0.39, 0.29) is 24.1 Å². The van der Waals surface area contributed by atoms with Gasteiger partial charge in [-0.25, -0.2) is 0 Å². The van der Waals surface area contributed by atoms with Crippen LogP contribution in [-0.4, -0.2) is 18.0 Å². The van der Waals surface area contributed by atoms with E-state index in [2.05, 4.69) is 0 Å². The van der Waals surface area contributed by atoms with Crippen LogP contribution in [0.4, 0.5) is 0 Å². The Balaban J connectivity index is 1.95. The number of benzene rings is 2. The van der Waals surface area contributed by atoms with E-state index in [1.54, 1.807) is 43.5 Å². The molecule has 0 saturated heterocycles. The molecule has 0 radical (unpaired) electrons. The predicted octanol–water partition coefficient (Wildman–Crippen LogP) is 3.11. The number of aromatic hydroxyl groups is 1. The van der Waals surface area contributed by atoms with Crippen LogP contribution in [0, 0.1) is 0 Å². The van der Waals surface area contributed by atoms with Gasteiger partial charge in [0.1, 0.15) is 23.4 Å². The Bertz CT molecular complexity index is 663. The molecule has 0 spiro atoms. The third-order valence-electron chi connectivity index (χ3n) is 3.37. The number of methoxy groups -OCH3 is 1. The van der Waals surface area contributed by atoms with Gasteiger partial charge in [-0.05, 0) is 35.9 Å². The Morgan fingerprint density at radius 1 is 1.25 bits per heavy atom. The van der Waals surface area contributed by atoms with Gasteiger partial charge in [0.25, 0.3) is 0 Å². The minimum absolute atomic E-state index is 0.0125. The average molecular weight is 270 g/mol. The normalized spacial score (nSPS) is 17.2. The minimum atomic E-state index is -0.365. The minimum Gasteiger partial charge on any atom is -0.508 e. The van der Waals surface area contributed by atoms with Gasteiger partial charge in [-0.2, -0.15) is 0 Å². The van der Waals surface area contributed by atoms with Crippen molar-refractivity contribution in [3.05, 3.63) is 53.6 Å². The average Bonchev–Trinajstić information content (AvgIpc) is 2.47. The number of carbonyl (C=O) groups excluding carboxylic acids is 1. The number of ketones is 1. The molecule has 1 atom stereocenters. The molecule has 3 rings (SSSR count). The van der Waals surface area contributed by atoms with Gasteiger partial charge in [0.2, 0.25) is 0 Å². The van der Waals surface area contributed by atoms with Crippen molar-refractivity contribution in [2.45, 2.75) is 12.5 Å². The first kappa shape index (κ1) is 12.5. The molecule has 4 heteroatoms. The first-order valence-corrected chi connectivity index (χ1v) is 6.34. The largest absolute Gasteiger partial charge is 0.508 e. The van der Waals surface area contributed by atoms with Gasteiger partial charge in [0.05, 0.1) is 19.1 Å². The standard InChI is InChI=1S/C16H14O4/c1-19-12-5-6-15-13(8-12)14(18)9-16(20-15)10-3-2-4-11(17)7-10/h2-8,16-17H,9H2,1H3. The number of rotatable bonds is 2. The molecule has 0 amide bonds. The summed E-state index contributed by atoms with van der Waals surface area (Å²) in [6, 6.07) is 12.0. The van der Waals surface area contributed by atoms with Crippen LogP contribution >= 0.6 is 0 Å². The first-order valence-electron chi connectivity index (χ1n) is 6.34. The molecule has 0 bridgehead atoms. The van der Waals surface area contributed by atoms with E-state index in [1.807, 2.05) is 6.07 Å². The van der Waals surface area contributed by atoms with Crippen LogP contribution in [0.5, 0.6) is 17.2 Å². The third-order valence-corrected chi connectivity index (χ3v) is 3.37. The molecule has 1 heterocycles. The Kier molecular flexibility index (Phi) is 3.06. The summed E-state index contributed by atoms with van der Waals surface area (Å²) in [6.45, 7) is 0. The predicted molar refractivity (Wildman–Crippen MR) is 73.4 cm³/mol. The van der Waals surface area contributed by atoms with Crippen LogP contribution in [0.3, 0.4) is 0 Å². The van der Waals surface area contributed by atoms with Crippen molar-refractivity contribution < 1.29 is 19.4 Å². The summed E-state index contributed by atoms with van der Waals surface area (Å²) in [7, 11) is 1.56. The number of carbonyl (C=O) groups is 1. The molecule has 0 aliphatic carbocycles. The summed E-state index contributed by atoms with van der Waals surface area (Å²) >= 11 is 0. The molecular formula is C16H14O4. The topological polar surface area (TPSA) is 55.8 Å². The number of phenols is 1. The Labute approximate surface area is 116 Å². The molecule has 1 aliphatic rings. The van der Waals surface area contributed by atoms with E-state index < -0.39 is 0 Å². The van der Waals surface area contributed by atoms with E-state index in [1.165, 1.54) is 0 Å². The lowest BCUT2D eigenvalue weighted by Gasteiger charge is -2.25. The second kappa shape index (κ2) is 4.89. The van der Waals surface area contributed by atoms with Crippen LogP contribution < -0.4 is 9.47 Å². The van der Waals surface area contributed by atoms with E-state index in [9.17, 15) is 9.90 Å². The summed E-state index contributed by atoms with van der Waals surface area (Å²) in [6.07, 6.45) is -0.112. The molecule has 0 saturated carbocycles. The van der Waals surface area contributed by atoms with Crippen molar-refractivity contribution in [3.8, 4) is 17.2 Å². The SMILES string of the molecule is COc1ccc2c(c1)C(=O)CC(c1cccc(O)c1)O2. The van der Waals surface area contributed by atoms with Crippen molar-refractivity contribution in [1.82, 2.24) is 0 Å². The van der Waals surface area contributed by atoms with E-state index in [4.69, 9.17) is 9.47 Å². The highest BCUT2D eigenvalue weighted by atomic mass is 16.5.